The van der Waals surface area contributed by atoms with Crippen LogP contribution in [0.1, 0.15) is 16.7 Å². The van der Waals surface area contributed by atoms with Gasteiger partial charge in [-0.05, 0) is 30.5 Å². The van der Waals surface area contributed by atoms with Gasteiger partial charge in [-0.2, -0.15) is 0 Å². The molecule has 0 aliphatic carbocycles. The lowest BCUT2D eigenvalue weighted by Crippen LogP contribution is -2.42. The number of nitrogens with two attached hydrogens (primary N) is 1. The summed E-state index contributed by atoms with van der Waals surface area (Å²) in [5.74, 6) is 0.0722. The summed E-state index contributed by atoms with van der Waals surface area (Å²) < 4.78 is 0. The molecular weight excluding hydrogens is 276 g/mol. The normalized spacial score (nSPS) is 11.1. The van der Waals surface area contributed by atoms with E-state index in [4.69, 9.17) is 5.73 Å². The molecule has 0 heterocycles. The van der Waals surface area contributed by atoms with Crippen molar-refractivity contribution >= 4 is 17.7 Å². The lowest BCUT2D eigenvalue weighted by Gasteiger charge is -2.09. The van der Waals surface area contributed by atoms with Crippen LogP contribution in [0.2, 0.25) is 0 Å². The molecule has 0 unspecified atom stereocenters. The van der Waals surface area contributed by atoms with Crippen molar-refractivity contribution in [3.8, 4) is 0 Å². The van der Waals surface area contributed by atoms with Gasteiger partial charge in [-0.25, -0.2) is 9.79 Å². The number of aliphatic imine (C=N–C) groups is 1. The minimum atomic E-state index is -0.378. The van der Waals surface area contributed by atoms with E-state index in [1.807, 2.05) is 62.4 Å². The van der Waals surface area contributed by atoms with Crippen LogP contribution in [0.15, 0.2) is 53.5 Å². The van der Waals surface area contributed by atoms with Crippen LogP contribution in [0.3, 0.4) is 0 Å². The zero-order valence-corrected chi connectivity index (χ0v) is 12.8. The summed E-state index contributed by atoms with van der Waals surface area (Å²) in [6, 6.07) is 15.1. The summed E-state index contributed by atoms with van der Waals surface area (Å²) in [4.78, 5) is 16.1. The van der Waals surface area contributed by atoms with E-state index in [9.17, 15) is 4.79 Å². The molecule has 0 bridgehead atoms. The van der Waals surface area contributed by atoms with Gasteiger partial charge in [0.05, 0.1) is 5.69 Å². The molecule has 0 fully saturated rings. The fourth-order valence-electron chi connectivity index (χ4n) is 2.07. The molecule has 2 rings (SSSR count). The molecule has 0 radical (unpaired) electrons. The van der Waals surface area contributed by atoms with Crippen LogP contribution in [0, 0.1) is 13.8 Å². The zero-order valence-electron chi connectivity index (χ0n) is 12.8. The Hall–Kier alpha value is -2.82. The quantitative estimate of drug-likeness (QED) is 0.601. The molecular formula is C17H20N4O. The number of benzene rings is 2. The Morgan fingerprint density at radius 3 is 2.32 bits per heavy atom. The number of aryl methyl sites for hydroxylation is 2. The van der Waals surface area contributed by atoms with Crippen molar-refractivity contribution in [2.45, 2.75) is 20.4 Å². The molecule has 2 aromatic rings. The molecule has 0 aliphatic rings. The van der Waals surface area contributed by atoms with Crippen LogP contribution in [-0.4, -0.2) is 12.0 Å². The van der Waals surface area contributed by atoms with Crippen LogP contribution in [0.25, 0.3) is 0 Å². The van der Waals surface area contributed by atoms with Gasteiger partial charge in [0, 0.05) is 6.54 Å². The zero-order chi connectivity index (χ0) is 15.9. The highest BCUT2D eigenvalue weighted by Gasteiger charge is 2.05. The Morgan fingerprint density at radius 2 is 1.68 bits per heavy atom. The molecule has 5 heteroatoms. The molecule has 4 N–H and O–H groups in total. The second kappa shape index (κ2) is 7.26. The molecule has 0 aromatic heterocycles. The standard InChI is InChI=1S/C17H20N4O/c1-12-7-6-8-13(2)15(12)20-16(18)21-17(22)19-11-14-9-4-3-5-10-14/h3-10H,11H2,1-2H3,(H4,18,19,20,21,22). The van der Waals surface area contributed by atoms with Crippen molar-refractivity contribution in [2.75, 3.05) is 0 Å². The number of carbonyl (C=O) groups excluding carboxylic acids is 1. The molecule has 0 aliphatic heterocycles. The molecule has 0 spiro atoms. The van der Waals surface area contributed by atoms with Crippen LogP contribution in [0.4, 0.5) is 10.5 Å². The van der Waals surface area contributed by atoms with Crippen molar-refractivity contribution < 1.29 is 4.79 Å². The van der Waals surface area contributed by atoms with Gasteiger partial charge < -0.3 is 11.1 Å². The second-order valence-corrected chi connectivity index (χ2v) is 5.03. The monoisotopic (exact) mass is 296 g/mol. The van der Waals surface area contributed by atoms with Gasteiger partial charge in [0.15, 0.2) is 0 Å². The van der Waals surface area contributed by atoms with E-state index < -0.39 is 0 Å². The lowest BCUT2D eigenvalue weighted by molar-refractivity contribution is 0.245. The lowest BCUT2D eigenvalue weighted by atomic mass is 10.1. The molecule has 0 saturated carbocycles. The van der Waals surface area contributed by atoms with Crippen molar-refractivity contribution in [3.63, 3.8) is 0 Å². The smallest absolute Gasteiger partial charge is 0.321 e. The first-order chi connectivity index (χ1) is 10.6. The number of guanidine groups is 1. The minimum Gasteiger partial charge on any atom is -0.369 e. The number of hydrogen-bond donors (Lipinski definition) is 3. The van der Waals surface area contributed by atoms with E-state index in [0.29, 0.717) is 6.54 Å². The average Bonchev–Trinajstić information content (AvgIpc) is 2.50. The van der Waals surface area contributed by atoms with Crippen molar-refractivity contribution in [3.05, 3.63) is 65.2 Å². The number of urea groups is 1. The number of hydrogen-bond acceptors (Lipinski definition) is 2. The van der Waals surface area contributed by atoms with Crippen molar-refractivity contribution in [1.82, 2.24) is 10.6 Å². The molecule has 0 atom stereocenters. The summed E-state index contributed by atoms with van der Waals surface area (Å²) >= 11 is 0. The summed E-state index contributed by atoms with van der Waals surface area (Å²) in [7, 11) is 0. The Bertz CT molecular complexity index is 660. The fourth-order valence-corrected chi connectivity index (χ4v) is 2.07. The highest BCUT2D eigenvalue weighted by atomic mass is 16.2. The third-order valence-corrected chi connectivity index (χ3v) is 3.21. The molecule has 22 heavy (non-hydrogen) atoms. The van der Waals surface area contributed by atoms with Crippen LogP contribution in [-0.2, 0) is 6.54 Å². The Kier molecular flexibility index (Phi) is 5.14. The number of nitrogens with zero attached hydrogens (tertiary/aromatic N) is 1. The number of para-hydroxylation sites is 1. The molecule has 114 valence electrons. The summed E-state index contributed by atoms with van der Waals surface area (Å²) in [5.41, 5.74) is 9.61. The third kappa shape index (κ3) is 4.34. The maximum absolute atomic E-state index is 11.8. The predicted molar refractivity (Wildman–Crippen MR) is 89.0 cm³/mol. The second-order valence-electron chi connectivity index (χ2n) is 5.03. The van der Waals surface area contributed by atoms with Gasteiger partial charge in [-0.1, -0.05) is 48.5 Å². The highest BCUT2D eigenvalue weighted by Crippen LogP contribution is 2.22. The molecule has 2 aromatic carbocycles. The van der Waals surface area contributed by atoms with Crippen molar-refractivity contribution in [2.24, 2.45) is 10.7 Å². The van der Waals surface area contributed by atoms with Crippen LogP contribution < -0.4 is 16.4 Å². The highest BCUT2D eigenvalue weighted by molar-refractivity contribution is 5.96. The van der Waals surface area contributed by atoms with Crippen LogP contribution in [0.5, 0.6) is 0 Å². The first-order valence-corrected chi connectivity index (χ1v) is 7.05. The van der Waals surface area contributed by atoms with Gasteiger partial charge in [0.2, 0.25) is 5.96 Å². The Labute approximate surface area is 130 Å². The fraction of sp³-hybridized carbons (Fsp3) is 0.176. The van der Waals surface area contributed by atoms with E-state index >= 15 is 0 Å². The van der Waals surface area contributed by atoms with E-state index in [1.54, 1.807) is 0 Å². The molecule has 0 saturated heterocycles. The van der Waals surface area contributed by atoms with Gasteiger partial charge in [-0.15, -0.1) is 0 Å². The molecule has 2 amide bonds. The SMILES string of the molecule is Cc1cccc(C)c1N=C(N)NC(=O)NCc1ccccc1. The Balaban J connectivity index is 1.95. The van der Waals surface area contributed by atoms with E-state index in [1.165, 1.54) is 0 Å². The van der Waals surface area contributed by atoms with Gasteiger partial charge in [0.25, 0.3) is 0 Å². The van der Waals surface area contributed by atoms with Gasteiger partial charge >= 0.3 is 6.03 Å². The average molecular weight is 296 g/mol. The number of nitrogens with one attached hydrogen (secondary N) is 2. The number of carbonyl (C=O) groups is 1. The predicted octanol–water partition coefficient (Wildman–Crippen LogP) is 2.75. The first-order valence-electron chi connectivity index (χ1n) is 7.05. The largest absolute Gasteiger partial charge is 0.369 e. The van der Waals surface area contributed by atoms with Crippen molar-refractivity contribution in [1.29, 1.82) is 0 Å². The maximum atomic E-state index is 11.8. The van der Waals surface area contributed by atoms with Crippen LogP contribution >= 0.6 is 0 Å². The summed E-state index contributed by atoms with van der Waals surface area (Å²) in [6.07, 6.45) is 0. The Morgan fingerprint density at radius 1 is 1.05 bits per heavy atom. The third-order valence-electron chi connectivity index (χ3n) is 3.21. The van der Waals surface area contributed by atoms with E-state index in [2.05, 4.69) is 15.6 Å². The van der Waals surface area contributed by atoms with E-state index in [0.717, 1.165) is 22.4 Å². The first kappa shape index (κ1) is 15.6. The minimum absolute atomic E-state index is 0.0722. The maximum Gasteiger partial charge on any atom is 0.321 e. The summed E-state index contributed by atoms with van der Waals surface area (Å²) in [5, 5.41) is 5.26. The summed E-state index contributed by atoms with van der Waals surface area (Å²) in [6.45, 7) is 4.34. The van der Waals surface area contributed by atoms with Gasteiger partial charge in [-0.3, -0.25) is 5.32 Å². The molecule has 5 nitrogen and oxygen atoms in total. The topological polar surface area (TPSA) is 79.5 Å². The van der Waals surface area contributed by atoms with E-state index in [-0.39, 0.29) is 12.0 Å². The number of amides is 2. The van der Waals surface area contributed by atoms with Gasteiger partial charge in [0.1, 0.15) is 0 Å². The number of rotatable bonds is 3.